The van der Waals surface area contributed by atoms with Crippen LogP contribution in [0.25, 0.3) is 0 Å². The zero-order valence-electron chi connectivity index (χ0n) is 6.92. The molecule has 0 aromatic carbocycles. The molecule has 2 unspecified atom stereocenters. The van der Waals surface area contributed by atoms with Crippen molar-refractivity contribution in [2.24, 2.45) is 0 Å². The molecule has 60 valence electrons. The van der Waals surface area contributed by atoms with Crippen molar-refractivity contribution in [2.75, 3.05) is 34.3 Å². The fourth-order valence-corrected chi connectivity index (χ4v) is 1.48. The Labute approximate surface area is 62.3 Å². The highest BCUT2D eigenvalue weighted by atomic mass is 16.5. The lowest BCUT2D eigenvalue weighted by molar-refractivity contribution is 0.0935. The largest absolute Gasteiger partial charge is 0.378 e. The molecular weight excluding hydrogens is 128 g/mol. The van der Waals surface area contributed by atoms with E-state index >= 15 is 0 Å². The van der Waals surface area contributed by atoms with E-state index in [1.165, 1.54) is 0 Å². The highest BCUT2D eigenvalue weighted by Gasteiger charge is 2.28. The van der Waals surface area contributed by atoms with Crippen LogP contribution in [0.3, 0.4) is 0 Å². The second-order valence-corrected chi connectivity index (χ2v) is 2.89. The third-order valence-electron chi connectivity index (χ3n) is 2.12. The van der Waals surface area contributed by atoms with Gasteiger partial charge in [-0.05, 0) is 14.1 Å². The molecule has 0 bridgehead atoms. The van der Waals surface area contributed by atoms with Gasteiger partial charge in [-0.1, -0.05) is 0 Å². The molecule has 1 heterocycles. The van der Waals surface area contributed by atoms with Crippen LogP contribution < -0.4 is 5.32 Å². The van der Waals surface area contributed by atoms with Crippen molar-refractivity contribution in [1.82, 2.24) is 10.2 Å². The van der Waals surface area contributed by atoms with Crippen LogP contribution in [-0.2, 0) is 4.74 Å². The predicted molar refractivity (Wildman–Crippen MR) is 41.1 cm³/mol. The third-order valence-corrected chi connectivity index (χ3v) is 2.12. The van der Waals surface area contributed by atoms with Crippen molar-refractivity contribution < 1.29 is 4.74 Å². The summed E-state index contributed by atoms with van der Waals surface area (Å²) in [4.78, 5) is 2.27. The summed E-state index contributed by atoms with van der Waals surface area (Å²) in [6.07, 6.45) is 0.370. The van der Waals surface area contributed by atoms with E-state index in [0.29, 0.717) is 12.1 Å². The van der Waals surface area contributed by atoms with E-state index in [1.807, 2.05) is 7.05 Å². The van der Waals surface area contributed by atoms with Crippen molar-refractivity contribution >= 4 is 0 Å². The van der Waals surface area contributed by atoms with Gasteiger partial charge in [0, 0.05) is 26.2 Å². The van der Waals surface area contributed by atoms with Crippen molar-refractivity contribution in [2.45, 2.75) is 12.1 Å². The zero-order chi connectivity index (χ0) is 7.56. The van der Waals surface area contributed by atoms with E-state index in [1.54, 1.807) is 7.11 Å². The second-order valence-electron chi connectivity index (χ2n) is 2.89. The van der Waals surface area contributed by atoms with E-state index < -0.39 is 0 Å². The highest BCUT2D eigenvalue weighted by Crippen LogP contribution is 2.09. The first-order valence-corrected chi connectivity index (χ1v) is 3.66. The van der Waals surface area contributed by atoms with Crippen LogP contribution in [0.5, 0.6) is 0 Å². The zero-order valence-corrected chi connectivity index (χ0v) is 6.92. The molecule has 10 heavy (non-hydrogen) atoms. The van der Waals surface area contributed by atoms with E-state index in [9.17, 15) is 0 Å². The smallest absolute Gasteiger partial charge is 0.0863 e. The number of likely N-dealkylation sites (tertiary alicyclic amines) is 1. The Morgan fingerprint density at radius 2 is 2.20 bits per heavy atom. The fourth-order valence-electron chi connectivity index (χ4n) is 1.48. The maximum absolute atomic E-state index is 5.28. The number of nitrogens with zero attached hydrogens (tertiary/aromatic N) is 1. The van der Waals surface area contributed by atoms with Crippen LogP contribution in [0.1, 0.15) is 0 Å². The first-order chi connectivity index (χ1) is 4.77. The summed E-state index contributed by atoms with van der Waals surface area (Å²) < 4.78 is 5.28. The minimum atomic E-state index is 0.370. The molecule has 0 saturated carbocycles. The van der Waals surface area contributed by atoms with Crippen LogP contribution in [0.4, 0.5) is 0 Å². The molecule has 1 N–H and O–H groups in total. The molecular formula is C7H16N2O. The van der Waals surface area contributed by atoms with E-state index in [4.69, 9.17) is 4.74 Å². The highest BCUT2D eigenvalue weighted by molar-refractivity contribution is 4.87. The predicted octanol–water partition coefficient (Wildman–Crippen LogP) is -0.465. The van der Waals surface area contributed by atoms with Crippen molar-refractivity contribution in [3.05, 3.63) is 0 Å². The van der Waals surface area contributed by atoms with Crippen LogP contribution in [0, 0.1) is 0 Å². The first-order valence-electron chi connectivity index (χ1n) is 3.66. The first kappa shape index (κ1) is 7.98. The Kier molecular flexibility index (Phi) is 2.65. The summed E-state index contributed by atoms with van der Waals surface area (Å²) in [5.74, 6) is 0. The average molecular weight is 144 g/mol. The number of nitrogens with one attached hydrogen (secondary N) is 1. The molecule has 1 aliphatic heterocycles. The van der Waals surface area contributed by atoms with Gasteiger partial charge in [-0.3, -0.25) is 0 Å². The summed E-state index contributed by atoms with van der Waals surface area (Å²) in [6, 6.07) is 0.509. The number of rotatable bonds is 2. The van der Waals surface area contributed by atoms with Gasteiger partial charge in [-0.2, -0.15) is 0 Å². The summed E-state index contributed by atoms with van der Waals surface area (Å²) in [5.41, 5.74) is 0. The van der Waals surface area contributed by atoms with Crippen LogP contribution >= 0.6 is 0 Å². The molecule has 0 aromatic heterocycles. The Bertz CT molecular complexity index is 95.8. The van der Waals surface area contributed by atoms with Gasteiger partial charge in [0.25, 0.3) is 0 Å². The Morgan fingerprint density at radius 3 is 2.60 bits per heavy atom. The normalized spacial score (nSPS) is 35.1. The Balaban J connectivity index is 2.41. The van der Waals surface area contributed by atoms with Gasteiger partial charge in [0.2, 0.25) is 0 Å². The number of likely N-dealkylation sites (N-methyl/N-ethyl adjacent to an activating group) is 2. The molecule has 3 heteroatoms. The van der Waals surface area contributed by atoms with Crippen molar-refractivity contribution in [1.29, 1.82) is 0 Å². The summed E-state index contributed by atoms with van der Waals surface area (Å²) in [7, 11) is 5.87. The van der Waals surface area contributed by atoms with Gasteiger partial charge >= 0.3 is 0 Å². The molecule has 0 aromatic rings. The minimum Gasteiger partial charge on any atom is -0.378 e. The average Bonchev–Trinajstić information content (AvgIpc) is 2.30. The van der Waals surface area contributed by atoms with Crippen LogP contribution in [-0.4, -0.2) is 51.3 Å². The molecule has 1 rings (SSSR count). The quantitative estimate of drug-likeness (QED) is 0.567. The van der Waals surface area contributed by atoms with Crippen molar-refractivity contribution in [3.8, 4) is 0 Å². The molecule has 0 spiro atoms. The minimum absolute atomic E-state index is 0.370. The lowest BCUT2D eigenvalue weighted by atomic mass is 10.2. The standard InChI is InChI=1S/C7H16N2O/c1-8-6-4-9(2)5-7(6)10-3/h6-8H,4-5H2,1-3H3. The maximum atomic E-state index is 5.28. The van der Waals surface area contributed by atoms with E-state index in [0.717, 1.165) is 13.1 Å². The Morgan fingerprint density at radius 1 is 1.50 bits per heavy atom. The summed E-state index contributed by atoms with van der Waals surface area (Å²) in [5, 5.41) is 3.23. The summed E-state index contributed by atoms with van der Waals surface area (Å²) in [6.45, 7) is 2.14. The van der Waals surface area contributed by atoms with Gasteiger partial charge in [-0.25, -0.2) is 0 Å². The molecule has 1 saturated heterocycles. The second kappa shape index (κ2) is 3.32. The van der Waals surface area contributed by atoms with E-state index in [2.05, 4.69) is 17.3 Å². The number of hydrogen-bond acceptors (Lipinski definition) is 3. The molecule has 1 fully saturated rings. The molecule has 0 radical (unpaired) electrons. The lowest BCUT2D eigenvalue weighted by Gasteiger charge is -2.14. The van der Waals surface area contributed by atoms with E-state index in [-0.39, 0.29) is 0 Å². The number of methoxy groups -OCH3 is 1. The molecule has 0 aliphatic carbocycles. The molecule has 2 atom stereocenters. The van der Waals surface area contributed by atoms with Gasteiger partial charge < -0.3 is 15.0 Å². The monoisotopic (exact) mass is 144 g/mol. The van der Waals surface area contributed by atoms with Gasteiger partial charge in [-0.15, -0.1) is 0 Å². The summed E-state index contributed by atoms with van der Waals surface area (Å²) >= 11 is 0. The maximum Gasteiger partial charge on any atom is 0.0863 e. The molecule has 1 aliphatic rings. The van der Waals surface area contributed by atoms with Crippen LogP contribution in [0.15, 0.2) is 0 Å². The SMILES string of the molecule is CNC1CN(C)CC1OC. The van der Waals surface area contributed by atoms with Gasteiger partial charge in [0.1, 0.15) is 0 Å². The fraction of sp³-hybridized carbons (Fsp3) is 1.00. The topological polar surface area (TPSA) is 24.5 Å². The number of ether oxygens (including phenoxy) is 1. The lowest BCUT2D eigenvalue weighted by Crippen LogP contribution is -2.37. The number of hydrogen-bond donors (Lipinski definition) is 1. The van der Waals surface area contributed by atoms with Gasteiger partial charge in [0.15, 0.2) is 0 Å². The third kappa shape index (κ3) is 1.48. The van der Waals surface area contributed by atoms with Crippen LogP contribution in [0.2, 0.25) is 0 Å². The van der Waals surface area contributed by atoms with Gasteiger partial charge in [0.05, 0.1) is 6.10 Å². The molecule has 3 nitrogen and oxygen atoms in total. The molecule has 0 amide bonds. The van der Waals surface area contributed by atoms with Crippen molar-refractivity contribution in [3.63, 3.8) is 0 Å². The Hall–Kier alpha value is -0.120.